The quantitative estimate of drug-likeness (QED) is 0.776. The van der Waals surface area contributed by atoms with E-state index in [4.69, 9.17) is 9.47 Å². The molecule has 0 spiro atoms. The van der Waals surface area contributed by atoms with E-state index in [9.17, 15) is 13.2 Å². The number of methoxy groups -OCH3 is 2. The predicted octanol–water partition coefficient (Wildman–Crippen LogP) is 1.10. The van der Waals surface area contributed by atoms with Crippen molar-refractivity contribution in [1.29, 1.82) is 0 Å². The average molecular weight is 382 g/mol. The summed E-state index contributed by atoms with van der Waals surface area (Å²) in [5, 5.41) is 0. The highest BCUT2D eigenvalue weighted by atomic mass is 32.2. The second-order valence-electron chi connectivity index (χ2n) is 6.93. The van der Waals surface area contributed by atoms with Crippen molar-refractivity contribution in [2.24, 2.45) is 0 Å². The van der Waals surface area contributed by atoms with E-state index in [1.165, 1.54) is 0 Å². The highest BCUT2D eigenvalue weighted by Crippen LogP contribution is 2.38. The SMILES string of the molecule is COc1cc(OC)c2c(c1)N(C(=O)CC1CS(=O)(=O)CCN1C)CCC2. The van der Waals surface area contributed by atoms with E-state index in [0.29, 0.717) is 24.6 Å². The molecular weight excluding hydrogens is 356 g/mol. The molecular formula is C18H26N2O5S. The van der Waals surface area contributed by atoms with Gasteiger partial charge in [0.2, 0.25) is 5.91 Å². The molecule has 1 fully saturated rings. The van der Waals surface area contributed by atoms with Crippen LogP contribution in [0, 0.1) is 0 Å². The van der Waals surface area contributed by atoms with E-state index < -0.39 is 9.84 Å². The third-order valence-electron chi connectivity index (χ3n) is 5.25. The minimum atomic E-state index is -3.08. The summed E-state index contributed by atoms with van der Waals surface area (Å²) in [6, 6.07) is 3.41. The zero-order valence-corrected chi connectivity index (χ0v) is 16.3. The molecule has 2 aliphatic heterocycles. The monoisotopic (exact) mass is 382 g/mol. The molecule has 1 aromatic carbocycles. The van der Waals surface area contributed by atoms with Crippen molar-refractivity contribution in [2.45, 2.75) is 25.3 Å². The molecule has 0 aromatic heterocycles. The molecule has 1 atom stereocenters. The number of nitrogens with zero attached hydrogens (tertiary/aromatic N) is 2. The van der Waals surface area contributed by atoms with Crippen LogP contribution in [0.2, 0.25) is 0 Å². The molecule has 26 heavy (non-hydrogen) atoms. The van der Waals surface area contributed by atoms with Gasteiger partial charge in [0.25, 0.3) is 0 Å². The number of anilines is 1. The fraction of sp³-hybridized carbons (Fsp3) is 0.611. The lowest BCUT2D eigenvalue weighted by atomic mass is 9.99. The van der Waals surface area contributed by atoms with Gasteiger partial charge in [0.05, 0.1) is 31.4 Å². The number of carbonyl (C=O) groups is 1. The lowest BCUT2D eigenvalue weighted by molar-refractivity contribution is -0.119. The Morgan fingerprint density at radius 3 is 2.69 bits per heavy atom. The van der Waals surface area contributed by atoms with Crippen LogP contribution in [-0.2, 0) is 21.1 Å². The first kappa shape index (κ1) is 19.0. The maximum Gasteiger partial charge on any atom is 0.228 e. The van der Waals surface area contributed by atoms with Crippen molar-refractivity contribution in [3.05, 3.63) is 17.7 Å². The average Bonchev–Trinajstić information content (AvgIpc) is 2.62. The standard InChI is InChI=1S/C18H26N2O5S/c1-19-7-8-26(22,23)12-13(19)9-18(21)20-6-4-5-15-16(20)10-14(24-2)11-17(15)25-3/h10-11,13H,4-9,12H2,1-3H3. The number of fused-ring (bicyclic) bond motifs is 1. The van der Waals surface area contributed by atoms with E-state index in [1.54, 1.807) is 19.1 Å². The van der Waals surface area contributed by atoms with Gasteiger partial charge in [-0.05, 0) is 19.9 Å². The molecule has 8 heteroatoms. The van der Waals surface area contributed by atoms with E-state index >= 15 is 0 Å². The second-order valence-corrected chi connectivity index (χ2v) is 9.16. The van der Waals surface area contributed by atoms with Gasteiger partial charge in [-0.3, -0.25) is 4.79 Å². The molecule has 0 aliphatic carbocycles. The highest BCUT2D eigenvalue weighted by Gasteiger charge is 2.33. The lowest BCUT2D eigenvalue weighted by Crippen LogP contribution is -2.49. The topological polar surface area (TPSA) is 76.1 Å². The summed E-state index contributed by atoms with van der Waals surface area (Å²) >= 11 is 0. The van der Waals surface area contributed by atoms with Gasteiger partial charge in [0.1, 0.15) is 11.5 Å². The van der Waals surface area contributed by atoms with Gasteiger partial charge in [0, 0.05) is 43.2 Å². The van der Waals surface area contributed by atoms with Crippen molar-refractivity contribution in [3.8, 4) is 11.5 Å². The van der Waals surface area contributed by atoms with Crippen molar-refractivity contribution in [3.63, 3.8) is 0 Å². The summed E-state index contributed by atoms with van der Waals surface area (Å²) in [6.45, 7) is 1.09. The molecule has 1 unspecified atom stereocenters. The van der Waals surface area contributed by atoms with Crippen molar-refractivity contribution in [1.82, 2.24) is 4.90 Å². The van der Waals surface area contributed by atoms with Gasteiger partial charge >= 0.3 is 0 Å². The van der Waals surface area contributed by atoms with Crippen LogP contribution >= 0.6 is 0 Å². The number of hydrogen-bond donors (Lipinski definition) is 0. The summed E-state index contributed by atoms with van der Waals surface area (Å²) in [5.41, 5.74) is 1.80. The van der Waals surface area contributed by atoms with E-state index in [-0.39, 0.29) is 29.9 Å². The molecule has 7 nitrogen and oxygen atoms in total. The molecule has 1 amide bonds. The zero-order chi connectivity index (χ0) is 18.9. The van der Waals surface area contributed by atoms with E-state index in [0.717, 1.165) is 24.1 Å². The number of amides is 1. The molecule has 1 saturated heterocycles. The van der Waals surface area contributed by atoms with Crippen molar-refractivity contribution < 1.29 is 22.7 Å². The first-order valence-electron chi connectivity index (χ1n) is 8.80. The summed E-state index contributed by atoms with van der Waals surface area (Å²) < 4.78 is 34.7. The van der Waals surface area contributed by atoms with Crippen molar-refractivity contribution in [2.75, 3.05) is 50.8 Å². The number of carbonyl (C=O) groups excluding carboxylic acids is 1. The molecule has 2 heterocycles. The first-order valence-corrected chi connectivity index (χ1v) is 10.6. The fourth-order valence-corrected chi connectivity index (χ4v) is 5.38. The number of benzene rings is 1. The smallest absolute Gasteiger partial charge is 0.228 e. The van der Waals surface area contributed by atoms with Gasteiger partial charge < -0.3 is 19.3 Å². The predicted molar refractivity (Wildman–Crippen MR) is 99.9 cm³/mol. The Labute approximate surface area is 154 Å². The van der Waals surface area contributed by atoms with Crippen LogP contribution in [0.3, 0.4) is 0 Å². The Kier molecular flexibility index (Phi) is 5.43. The van der Waals surface area contributed by atoms with Crippen LogP contribution in [-0.4, -0.2) is 71.1 Å². The minimum absolute atomic E-state index is 0.0391. The van der Waals surface area contributed by atoms with Crippen molar-refractivity contribution >= 4 is 21.4 Å². The Balaban J connectivity index is 1.86. The van der Waals surface area contributed by atoms with Gasteiger partial charge in [-0.25, -0.2) is 8.42 Å². The van der Waals surface area contributed by atoms with E-state index in [1.807, 2.05) is 24.1 Å². The number of rotatable bonds is 4. The van der Waals surface area contributed by atoms with Gasteiger partial charge in [-0.1, -0.05) is 0 Å². The normalized spacial score (nSPS) is 22.6. The number of ether oxygens (including phenoxy) is 2. The number of sulfone groups is 1. The van der Waals surface area contributed by atoms with Gasteiger partial charge in [-0.15, -0.1) is 0 Å². The summed E-state index contributed by atoms with van der Waals surface area (Å²) in [7, 11) is 1.99. The third kappa shape index (κ3) is 3.81. The van der Waals surface area contributed by atoms with Gasteiger partial charge in [0.15, 0.2) is 9.84 Å². The van der Waals surface area contributed by atoms with Crippen LogP contribution in [0.1, 0.15) is 18.4 Å². The second kappa shape index (κ2) is 7.44. The maximum atomic E-state index is 13.0. The summed E-state index contributed by atoms with van der Waals surface area (Å²) in [4.78, 5) is 16.7. The van der Waals surface area contributed by atoms with Crippen LogP contribution in [0.15, 0.2) is 12.1 Å². The molecule has 1 aromatic rings. The minimum Gasteiger partial charge on any atom is -0.497 e. The Morgan fingerprint density at radius 2 is 2.00 bits per heavy atom. The molecule has 2 aliphatic rings. The largest absolute Gasteiger partial charge is 0.497 e. The maximum absolute atomic E-state index is 13.0. The Hall–Kier alpha value is -1.80. The molecule has 144 valence electrons. The van der Waals surface area contributed by atoms with Crippen LogP contribution < -0.4 is 14.4 Å². The fourth-order valence-electron chi connectivity index (χ4n) is 3.69. The zero-order valence-electron chi connectivity index (χ0n) is 15.5. The Bertz CT molecular complexity index is 793. The van der Waals surface area contributed by atoms with Gasteiger partial charge in [-0.2, -0.15) is 0 Å². The molecule has 3 rings (SSSR count). The highest BCUT2D eigenvalue weighted by molar-refractivity contribution is 7.91. The molecule has 0 radical (unpaired) electrons. The molecule has 0 N–H and O–H groups in total. The third-order valence-corrected chi connectivity index (χ3v) is 6.95. The Morgan fingerprint density at radius 1 is 1.23 bits per heavy atom. The lowest BCUT2D eigenvalue weighted by Gasteiger charge is -2.35. The first-order chi connectivity index (χ1) is 12.3. The van der Waals surface area contributed by atoms with Crippen LogP contribution in [0.25, 0.3) is 0 Å². The molecule has 0 bridgehead atoms. The van der Waals surface area contributed by atoms with Crippen LogP contribution in [0.4, 0.5) is 5.69 Å². The summed E-state index contributed by atoms with van der Waals surface area (Å²) in [5.74, 6) is 1.49. The van der Waals surface area contributed by atoms with E-state index in [2.05, 4.69) is 0 Å². The number of hydrogen-bond acceptors (Lipinski definition) is 6. The van der Waals surface area contributed by atoms with Crippen LogP contribution in [0.5, 0.6) is 11.5 Å². The summed E-state index contributed by atoms with van der Waals surface area (Å²) in [6.07, 6.45) is 1.87. The molecule has 0 saturated carbocycles.